The van der Waals surface area contributed by atoms with Crippen molar-refractivity contribution in [3.05, 3.63) is 114 Å². The van der Waals surface area contributed by atoms with Crippen molar-refractivity contribution in [2.75, 3.05) is 13.2 Å². The predicted molar refractivity (Wildman–Crippen MR) is 169 cm³/mol. The summed E-state index contributed by atoms with van der Waals surface area (Å²) in [7, 11) is 0. The number of benzene rings is 3. The summed E-state index contributed by atoms with van der Waals surface area (Å²) >= 11 is 0. The lowest BCUT2D eigenvalue weighted by Crippen LogP contribution is -2.45. The smallest absolute Gasteiger partial charge is 0.305 e. The van der Waals surface area contributed by atoms with E-state index in [1.807, 2.05) is 97.1 Å². The Morgan fingerprint density at radius 1 is 0.932 bits per heavy atom. The van der Waals surface area contributed by atoms with Crippen LogP contribution < -0.4 is 15.4 Å². The van der Waals surface area contributed by atoms with Crippen LogP contribution in [0.3, 0.4) is 0 Å². The van der Waals surface area contributed by atoms with Crippen LogP contribution in [0.2, 0.25) is 0 Å². The molecule has 3 aromatic carbocycles. The van der Waals surface area contributed by atoms with Gasteiger partial charge in [-0.3, -0.25) is 14.4 Å². The molecule has 232 valence electrons. The van der Waals surface area contributed by atoms with Crippen LogP contribution in [0.4, 0.5) is 0 Å². The zero-order valence-corrected chi connectivity index (χ0v) is 25.0. The van der Waals surface area contributed by atoms with Gasteiger partial charge in [-0.1, -0.05) is 84.9 Å². The highest BCUT2D eigenvalue weighted by Gasteiger charge is 2.26. The van der Waals surface area contributed by atoms with Crippen molar-refractivity contribution < 1.29 is 29.0 Å². The minimum Gasteiger partial charge on any atom is -0.489 e. The molecule has 2 amide bonds. The molecule has 3 N–H and O–H groups in total. The van der Waals surface area contributed by atoms with Crippen LogP contribution in [-0.4, -0.2) is 48.2 Å². The normalized spacial score (nSPS) is 18.5. The highest BCUT2D eigenvalue weighted by molar-refractivity contribution is 5.86. The van der Waals surface area contributed by atoms with Gasteiger partial charge in [0.25, 0.3) is 0 Å². The molecule has 4 rings (SSSR count). The average molecular weight is 599 g/mol. The van der Waals surface area contributed by atoms with Crippen LogP contribution in [0.15, 0.2) is 97.1 Å². The van der Waals surface area contributed by atoms with Crippen LogP contribution >= 0.6 is 0 Å². The number of aliphatic hydroxyl groups excluding tert-OH is 1. The van der Waals surface area contributed by atoms with Crippen molar-refractivity contribution in [2.45, 2.75) is 63.6 Å². The van der Waals surface area contributed by atoms with Crippen molar-refractivity contribution >= 4 is 17.8 Å². The van der Waals surface area contributed by atoms with Gasteiger partial charge in [-0.05, 0) is 60.9 Å². The molecule has 1 aliphatic rings. The molecular weight excluding hydrogens is 556 g/mol. The molecule has 0 aromatic heterocycles. The molecule has 0 saturated carbocycles. The summed E-state index contributed by atoms with van der Waals surface area (Å²) in [5.74, 6) is -0.765. The van der Waals surface area contributed by atoms with Crippen molar-refractivity contribution in [1.82, 2.24) is 10.6 Å². The second-order valence-corrected chi connectivity index (χ2v) is 11.1. The number of rotatable bonds is 11. The molecule has 0 aliphatic carbocycles. The molecule has 44 heavy (non-hydrogen) atoms. The Labute approximate surface area is 259 Å². The average Bonchev–Trinajstić information content (AvgIpc) is 3.05. The number of hydrogen-bond donors (Lipinski definition) is 3. The largest absolute Gasteiger partial charge is 0.489 e. The van der Waals surface area contributed by atoms with Crippen LogP contribution in [0.25, 0.3) is 0 Å². The van der Waals surface area contributed by atoms with Gasteiger partial charge in [-0.15, -0.1) is 0 Å². The SMILES string of the molecule is O=C(C[C@H]1CC=CCCCC(=O)OC[C@H](Cc2ccc(OCc3ccccc3)cc2)NC1=O)N[C@@H](CO)Cc1ccccc1. The van der Waals surface area contributed by atoms with Gasteiger partial charge < -0.3 is 25.2 Å². The third kappa shape index (κ3) is 11.3. The van der Waals surface area contributed by atoms with E-state index in [9.17, 15) is 19.5 Å². The van der Waals surface area contributed by atoms with E-state index in [2.05, 4.69) is 10.6 Å². The van der Waals surface area contributed by atoms with Crippen molar-refractivity contribution in [2.24, 2.45) is 5.92 Å². The Morgan fingerprint density at radius 3 is 2.34 bits per heavy atom. The topological polar surface area (TPSA) is 114 Å². The Bertz CT molecular complexity index is 1340. The zero-order chi connectivity index (χ0) is 31.0. The van der Waals surface area contributed by atoms with Gasteiger partial charge in [0.1, 0.15) is 19.0 Å². The minimum absolute atomic E-state index is 0.0264. The van der Waals surface area contributed by atoms with Crippen LogP contribution in [-0.2, 0) is 38.6 Å². The Hall–Kier alpha value is -4.43. The third-order valence-corrected chi connectivity index (χ3v) is 7.50. The lowest BCUT2D eigenvalue weighted by Gasteiger charge is -2.23. The molecule has 0 saturated heterocycles. The summed E-state index contributed by atoms with van der Waals surface area (Å²) < 4.78 is 11.4. The number of cyclic esters (lactones) is 1. The summed E-state index contributed by atoms with van der Waals surface area (Å²) in [6, 6.07) is 26.3. The lowest BCUT2D eigenvalue weighted by molar-refractivity contribution is -0.145. The number of nitrogens with one attached hydrogen (secondary N) is 2. The number of aliphatic hydroxyl groups is 1. The summed E-state index contributed by atoms with van der Waals surface area (Å²) in [5.41, 5.74) is 3.03. The lowest BCUT2D eigenvalue weighted by atomic mass is 9.97. The first-order chi connectivity index (χ1) is 21.5. The Morgan fingerprint density at radius 2 is 1.64 bits per heavy atom. The fraction of sp³-hybridized carbons (Fsp3) is 0.361. The molecule has 1 heterocycles. The maximum Gasteiger partial charge on any atom is 0.305 e. The van der Waals surface area contributed by atoms with E-state index in [1.165, 1.54) is 0 Å². The fourth-order valence-electron chi connectivity index (χ4n) is 5.08. The number of amides is 2. The van der Waals surface area contributed by atoms with Crippen molar-refractivity contribution in [1.29, 1.82) is 0 Å². The first-order valence-corrected chi connectivity index (χ1v) is 15.3. The van der Waals surface area contributed by atoms with Crippen LogP contribution in [0.1, 0.15) is 48.8 Å². The van der Waals surface area contributed by atoms with E-state index < -0.39 is 18.0 Å². The molecule has 0 bridgehead atoms. The molecule has 1 aliphatic heterocycles. The second-order valence-electron chi connectivity index (χ2n) is 11.1. The standard InChI is InChI=1S/C36H42N2O6/c39-24-31(21-27-11-5-3-6-12-27)37-34(40)23-30-15-9-1-2-10-16-35(41)44-26-32(38-36(30)42)22-28-17-19-33(20-18-28)43-25-29-13-7-4-8-14-29/h1,3-9,11-14,17-20,30-32,39H,2,10,15-16,21-26H2,(H,37,40)(H,38,42)/t30-,31-,32+/m1/s1. The van der Waals surface area contributed by atoms with Gasteiger partial charge in [-0.25, -0.2) is 0 Å². The Kier molecular flexibility index (Phi) is 13.0. The van der Waals surface area contributed by atoms with Crippen LogP contribution in [0, 0.1) is 5.92 Å². The van der Waals surface area contributed by atoms with E-state index in [-0.39, 0.29) is 37.4 Å². The predicted octanol–water partition coefficient (Wildman–Crippen LogP) is 4.69. The van der Waals surface area contributed by atoms with Gasteiger partial charge in [0, 0.05) is 12.8 Å². The number of hydrogen-bond acceptors (Lipinski definition) is 6. The molecule has 0 fully saturated rings. The number of allylic oxidation sites excluding steroid dienone is 2. The van der Waals surface area contributed by atoms with Gasteiger partial charge in [0.15, 0.2) is 0 Å². The van der Waals surface area contributed by atoms with Gasteiger partial charge in [0.05, 0.1) is 24.6 Å². The molecule has 8 nitrogen and oxygen atoms in total. The first kappa shape index (κ1) is 32.5. The summed E-state index contributed by atoms with van der Waals surface area (Å²) in [4.78, 5) is 38.9. The summed E-state index contributed by atoms with van der Waals surface area (Å²) in [6.45, 7) is 0.289. The summed E-state index contributed by atoms with van der Waals surface area (Å²) in [6.07, 6.45) is 6.76. The van der Waals surface area contributed by atoms with Crippen molar-refractivity contribution in [3.63, 3.8) is 0 Å². The molecule has 0 unspecified atom stereocenters. The van der Waals surface area contributed by atoms with Gasteiger partial charge >= 0.3 is 5.97 Å². The molecule has 3 atom stereocenters. The van der Waals surface area contributed by atoms with Crippen LogP contribution in [0.5, 0.6) is 5.75 Å². The number of ether oxygens (including phenoxy) is 2. The van der Waals surface area contributed by atoms with Gasteiger partial charge in [0.2, 0.25) is 11.8 Å². The quantitative estimate of drug-likeness (QED) is 0.218. The van der Waals surface area contributed by atoms with Gasteiger partial charge in [-0.2, -0.15) is 0 Å². The highest BCUT2D eigenvalue weighted by Crippen LogP contribution is 2.18. The molecule has 0 radical (unpaired) electrons. The van der Waals surface area contributed by atoms with E-state index in [1.54, 1.807) is 0 Å². The van der Waals surface area contributed by atoms with E-state index in [4.69, 9.17) is 9.47 Å². The maximum atomic E-state index is 13.5. The molecular formula is C36H42N2O6. The maximum absolute atomic E-state index is 13.5. The zero-order valence-electron chi connectivity index (χ0n) is 25.0. The third-order valence-electron chi connectivity index (χ3n) is 7.50. The highest BCUT2D eigenvalue weighted by atomic mass is 16.5. The van der Waals surface area contributed by atoms with E-state index in [0.717, 1.165) is 22.4 Å². The number of esters is 1. The Balaban J connectivity index is 1.39. The fourth-order valence-corrected chi connectivity index (χ4v) is 5.08. The molecule has 8 heteroatoms. The second kappa shape index (κ2) is 17.6. The number of carbonyl (C=O) groups excluding carboxylic acids is 3. The monoisotopic (exact) mass is 598 g/mol. The van der Waals surface area contributed by atoms with Crippen molar-refractivity contribution in [3.8, 4) is 5.75 Å². The summed E-state index contributed by atoms with van der Waals surface area (Å²) in [5, 5.41) is 15.8. The molecule has 3 aromatic rings. The van der Waals surface area contributed by atoms with E-state index in [0.29, 0.717) is 45.1 Å². The first-order valence-electron chi connectivity index (χ1n) is 15.3. The number of carbonyl (C=O) groups is 3. The minimum atomic E-state index is -0.616. The van der Waals surface area contributed by atoms with E-state index >= 15 is 0 Å². The molecule has 0 spiro atoms.